The van der Waals surface area contributed by atoms with Gasteiger partial charge in [0.05, 0.1) is 11.0 Å². The predicted molar refractivity (Wildman–Crippen MR) is 99.6 cm³/mol. The zero-order chi connectivity index (χ0) is 15.2. The first-order valence-corrected chi connectivity index (χ1v) is 8.21. The molecule has 0 unspecified atom stereocenters. The standard InChI is InChI=1S/C22H17N/c1-2-9-17(10-3-1)23-21-13-7-6-12-19(21)20-15-14-16-8-4-5-11-18(16)22(20)23/h2,4-15H,1,3H2. The van der Waals surface area contributed by atoms with Crippen molar-refractivity contribution in [1.82, 2.24) is 4.57 Å². The first-order valence-electron chi connectivity index (χ1n) is 8.21. The van der Waals surface area contributed by atoms with E-state index in [9.17, 15) is 0 Å². The van der Waals surface area contributed by atoms with Gasteiger partial charge in [-0.2, -0.15) is 0 Å². The van der Waals surface area contributed by atoms with Gasteiger partial charge >= 0.3 is 0 Å². The normalized spacial score (nSPS) is 14.7. The molecule has 0 spiro atoms. The third-order valence-corrected chi connectivity index (χ3v) is 4.79. The van der Waals surface area contributed by atoms with E-state index in [1.54, 1.807) is 0 Å². The molecule has 0 bridgehead atoms. The van der Waals surface area contributed by atoms with Crippen molar-refractivity contribution in [3.05, 3.63) is 78.9 Å². The Morgan fingerprint density at radius 3 is 2.39 bits per heavy atom. The Balaban J connectivity index is 2.05. The molecule has 0 fully saturated rings. The van der Waals surface area contributed by atoms with Gasteiger partial charge in [0.15, 0.2) is 0 Å². The highest BCUT2D eigenvalue weighted by Crippen LogP contribution is 2.37. The fraction of sp³-hybridized carbons (Fsp3) is 0.0909. The quantitative estimate of drug-likeness (QED) is 0.397. The Bertz CT molecular complexity index is 1110. The minimum atomic E-state index is 1.12. The Labute approximate surface area is 135 Å². The summed E-state index contributed by atoms with van der Waals surface area (Å²) >= 11 is 0. The molecule has 1 heterocycles. The molecular weight excluding hydrogens is 278 g/mol. The number of para-hydroxylation sites is 1. The minimum absolute atomic E-state index is 1.12. The van der Waals surface area contributed by atoms with E-state index in [0.717, 1.165) is 12.8 Å². The maximum absolute atomic E-state index is 2.43. The summed E-state index contributed by atoms with van der Waals surface area (Å²) in [6, 6.07) is 21.9. The van der Waals surface area contributed by atoms with E-state index in [0.29, 0.717) is 0 Å². The minimum Gasteiger partial charge on any atom is -0.309 e. The third-order valence-electron chi connectivity index (χ3n) is 4.79. The molecule has 1 aliphatic carbocycles. The summed E-state index contributed by atoms with van der Waals surface area (Å²) in [4.78, 5) is 0. The van der Waals surface area contributed by atoms with Crippen molar-refractivity contribution in [2.75, 3.05) is 0 Å². The van der Waals surface area contributed by atoms with Gasteiger partial charge in [-0.25, -0.2) is 0 Å². The van der Waals surface area contributed by atoms with Crippen LogP contribution in [0.3, 0.4) is 0 Å². The molecule has 5 rings (SSSR count). The summed E-state index contributed by atoms with van der Waals surface area (Å²) in [5.74, 6) is 0. The zero-order valence-corrected chi connectivity index (χ0v) is 12.9. The molecule has 0 aliphatic heterocycles. The van der Waals surface area contributed by atoms with Crippen molar-refractivity contribution >= 4 is 38.3 Å². The van der Waals surface area contributed by atoms with Crippen molar-refractivity contribution in [3.63, 3.8) is 0 Å². The number of aromatic nitrogens is 1. The van der Waals surface area contributed by atoms with E-state index >= 15 is 0 Å². The highest BCUT2D eigenvalue weighted by molar-refractivity contribution is 6.19. The predicted octanol–water partition coefficient (Wildman–Crippen LogP) is 6.14. The smallest absolute Gasteiger partial charge is 0.0619 e. The Kier molecular flexibility index (Phi) is 2.68. The monoisotopic (exact) mass is 295 g/mol. The lowest BCUT2D eigenvalue weighted by Gasteiger charge is -2.13. The van der Waals surface area contributed by atoms with Crippen LogP contribution in [0.5, 0.6) is 0 Å². The molecule has 4 aromatic rings. The van der Waals surface area contributed by atoms with Crippen LogP contribution in [-0.4, -0.2) is 4.57 Å². The highest BCUT2D eigenvalue weighted by Gasteiger charge is 2.15. The lowest BCUT2D eigenvalue weighted by atomic mass is 10.1. The van der Waals surface area contributed by atoms with Gasteiger partial charge < -0.3 is 4.57 Å². The van der Waals surface area contributed by atoms with Crippen LogP contribution < -0.4 is 0 Å². The number of hydrogen-bond acceptors (Lipinski definition) is 0. The van der Waals surface area contributed by atoms with Gasteiger partial charge in [0, 0.05) is 21.9 Å². The maximum atomic E-state index is 2.43. The fourth-order valence-electron chi connectivity index (χ4n) is 3.76. The first-order chi connectivity index (χ1) is 11.4. The number of benzene rings is 3. The average molecular weight is 295 g/mol. The molecule has 0 amide bonds. The number of nitrogens with zero attached hydrogens (tertiary/aromatic N) is 1. The maximum Gasteiger partial charge on any atom is 0.0619 e. The molecular formula is C22H17N. The van der Waals surface area contributed by atoms with Crippen molar-refractivity contribution in [1.29, 1.82) is 0 Å². The average Bonchev–Trinajstić information content (AvgIpc) is 2.97. The Morgan fingerprint density at radius 2 is 1.52 bits per heavy atom. The van der Waals surface area contributed by atoms with E-state index in [-0.39, 0.29) is 0 Å². The zero-order valence-electron chi connectivity index (χ0n) is 12.9. The van der Waals surface area contributed by atoms with Gasteiger partial charge in [-0.15, -0.1) is 0 Å². The van der Waals surface area contributed by atoms with Crippen LogP contribution in [-0.2, 0) is 0 Å². The van der Waals surface area contributed by atoms with Crippen molar-refractivity contribution in [2.45, 2.75) is 12.8 Å². The molecule has 1 heteroatoms. The van der Waals surface area contributed by atoms with Crippen LogP contribution >= 0.6 is 0 Å². The van der Waals surface area contributed by atoms with Gasteiger partial charge in [0.25, 0.3) is 0 Å². The lowest BCUT2D eigenvalue weighted by Crippen LogP contribution is -1.97. The topological polar surface area (TPSA) is 4.93 Å². The molecule has 1 aromatic heterocycles. The number of fused-ring (bicyclic) bond motifs is 5. The summed E-state index contributed by atoms with van der Waals surface area (Å²) in [5.41, 5.74) is 3.90. The molecule has 0 N–H and O–H groups in total. The SMILES string of the molecule is C1=CC(n2c3ccccc3c3ccc4ccccc4c32)=CCC1. The Hall–Kier alpha value is -2.80. The van der Waals surface area contributed by atoms with Gasteiger partial charge in [0.1, 0.15) is 0 Å². The summed E-state index contributed by atoms with van der Waals surface area (Å²) in [5, 5.41) is 5.28. The largest absolute Gasteiger partial charge is 0.309 e. The molecule has 1 aliphatic rings. The van der Waals surface area contributed by atoms with E-state index < -0.39 is 0 Å². The van der Waals surface area contributed by atoms with Crippen molar-refractivity contribution in [2.24, 2.45) is 0 Å². The van der Waals surface area contributed by atoms with E-state index in [4.69, 9.17) is 0 Å². The molecule has 110 valence electrons. The summed E-state index contributed by atoms with van der Waals surface area (Å²) in [6.07, 6.45) is 9.15. The molecule has 0 saturated carbocycles. The number of hydrogen-bond donors (Lipinski definition) is 0. The second-order valence-corrected chi connectivity index (χ2v) is 6.14. The first kappa shape index (κ1) is 12.7. The lowest BCUT2D eigenvalue weighted by molar-refractivity contribution is 1.02. The second kappa shape index (κ2) is 4.85. The molecule has 0 saturated heterocycles. The number of allylic oxidation sites excluding steroid dienone is 4. The van der Waals surface area contributed by atoms with Gasteiger partial charge in [-0.05, 0) is 30.4 Å². The highest BCUT2D eigenvalue weighted by atomic mass is 15.0. The van der Waals surface area contributed by atoms with E-state index in [1.807, 2.05) is 0 Å². The van der Waals surface area contributed by atoms with E-state index in [1.165, 1.54) is 38.3 Å². The van der Waals surface area contributed by atoms with Crippen LogP contribution in [0, 0.1) is 0 Å². The molecule has 23 heavy (non-hydrogen) atoms. The second-order valence-electron chi connectivity index (χ2n) is 6.14. The van der Waals surface area contributed by atoms with Crippen LogP contribution in [0.4, 0.5) is 0 Å². The molecule has 0 radical (unpaired) electrons. The van der Waals surface area contributed by atoms with Gasteiger partial charge in [0.2, 0.25) is 0 Å². The van der Waals surface area contributed by atoms with E-state index in [2.05, 4.69) is 83.5 Å². The van der Waals surface area contributed by atoms with Gasteiger partial charge in [-0.3, -0.25) is 0 Å². The summed E-state index contributed by atoms with van der Waals surface area (Å²) in [7, 11) is 0. The summed E-state index contributed by atoms with van der Waals surface area (Å²) < 4.78 is 2.43. The Morgan fingerprint density at radius 1 is 0.696 bits per heavy atom. The van der Waals surface area contributed by atoms with Crippen LogP contribution in [0.15, 0.2) is 78.9 Å². The van der Waals surface area contributed by atoms with Gasteiger partial charge in [-0.1, -0.05) is 66.7 Å². The number of rotatable bonds is 1. The van der Waals surface area contributed by atoms with Crippen molar-refractivity contribution < 1.29 is 0 Å². The molecule has 0 atom stereocenters. The third kappa shape index (κ3) is 1.80. The summed E-state index contributed by atoms with van der Waals surface area (Å²) in [6.45, 7) is 0. The van der Waals surface area contributed by atoms with Crippen LogP contribution in [0.25, 0.3) is 38.3 Å². The molecule has 1 nitrogen and oxygen atoms in total. The van der Waals surface area contributed by atoms with Crippen molar-refractivity contribution in [3.8, 4) is 0 Å². The van der Waals surface area contributed by atoms with Crippen LogP contribution in [0.2, 0.25) is 0 Å². The molecule has 3 aromatic carbocycles. The van der Waals surface area contributed by atoms with Crippen LogP contribution in [0.1, 0.15) is 12.8 Å². The fourth-order valence-corrected chi connectivity index (χ4v) is 3.76.